The molecule has 4 heteroatoms. The second kappa shape index (κ2) is 5.34. The van der Waals surface area contributed by atoms with Gasteiger partial charge in [-0.1, -0.05) is 12.2 Å². The number of phenols is 2. The lowest BCUT2D eigenvalue weighted by Crippen LogP contribution is -1.98. The Bertz CT molecular complexity index is 450. The molecule has 0 unspecified atom stereocenters. The van der Waals surface area contributed by atoms with E-state index >= 15 is 0 Å². The Hall–Kier alpha value is -1.04. The number of benzene rings is 1. The number of rotatable bonds is 3. The molecule has 3 nitrogen and oxygen atoms in total. The predicted molar refractivity (Wildman–Crippen MR) is 71.1 cm³/mol. The lowest BCUT2D eigenvalue weighted by atomic mass is 9.98. The molecule has 0 aliphatic carbocycles. The quantitative estimate of drug-likeness (QED) is 0.508. The van der Waals surface area contributed by atoms with Crippen LogP contribution in [0.1, 0.15) is 28.4 Å². The molecule has 0 aromatic heterocycles. The van der Waals surface area contributed by atoms with Crippen LogP contribution in [0, 0.1) is 10.5 Å². The molecule has 0 aliphatic heterocycles. The second-order valence-electron chi connectivity index (χ2n) is 3.42. The first-order valence-electron chi connectivity index (χ1n) is 4.83. The SMILES string of the molecule is C/C=C/Cc1c(C)c(C=O)c(O)c(I)c1O. The van der Waals surface area contributed by atoms with Crippen molar-refractivity contribution >= 4 is 28.9 Å². The van der Waals surface area contributed by atoms with Gasteiger partial charge in [0.1, 0.15) is 11.5 Å². The molecule has 0 atom stereocenters. The first kappa shape index (κ1) is 13.0. The molecule has 0 radical (unpaired) electrons. The number of allylic oxidation sites excluding steroid dienone is 2. The third-order valence-electron chi connectivity index (χ3n) is 2.49. The minimum Gasteiger partial charge on any atom is -0.506 e. The van der Waals surface area contributed by atoms with Gasteiger partial charge >= 0.3 is 0 Å². The molecule has 0 spiro atoms. The van der Waals surface area contributed by atoms with Gasteiger partial charge in [0.25, 0.3) is 0 Å². The molecule has 0 fully saturated rings. The van der Waals surface area contributed by atoms with Gasteiger partial charge in [0.15, 0.2) is 6.29 Å². The molecule has 0 saturated carbocycles. The molecule has 2 N–H and O–H groups in total. The van der Waals surface area contributed by atoms with Crippen molar-refractivity contribution in [3.8, 4) is 11.5 Å². The Morgan fingerprint density at radius 1 is 1.31 bits per heavy atom. The number of phenolic OH excluding ortho intramolecular Hbond substituents is 2. The summed E-state index contributed by atoms with van der Waals surface area (Å²) in [5.41, 5.74) is 1.56. The maximum atomic E-state index is 10.9. The van der Waals surface area contributed by atoms with Crippen molar-refractivity contribution in [1.29, 1.82) is 0 Å². The van der Waals surface area contributed by atoms with Crippen LogP contribution in [0.25, 0.3) is 0 Å². The van der Waals surface area contributed by atoms with Gasteiger partial charge in [-0.05, 0) is 48.4 Å². The van der Waals surface area contributed by atoms with Crippen molar-refractivity contribution < 1.29 is 15.0 Å². The van der Waals surface area contributed by atoms with Gasteiger partial charge in [0.2, 0.25) is 0 Å². The highest BCUT2D eigenvalue weighted by atomic mass is 127. The number of aromatic hydroxyl groups is 2. The highest BCUT2D eigenvalue weighted by Crippen LogP contribution is 2.37. The van der Waals surface area contributed by atoms with Crippen molar-refractivity contribution in [3.63, 3.8) is 0 Å². The number of aldehydes is 1. The van der Waals surface area contributed by atoms with Crippen LogP contribution in [0.2, 0.25) is 0 Å². The van der Waals surface area contributed by atoms with Crippen LogP contribution >= 0.6 is 22.6 Å². The monoisotopic (exact) mass is 332 g/mol. The average Bonchev–Trinajstić information content (AvgIpc) is 2.27. The summed E-state index contributed by atoms with van der Waals surface area (Å²) in [7, 11) is 0. The van der Waals surface area contributed by atoms with Crippen LogP contribution in [-0.2, 0) is 6.42 Å². The highest BCUT2D eigenvalue weighted by molar-refractivity contribution is 14.1. The first-order chi connectivity index (χ1) is 7.54. The van der Waals surface area contributed by atoms with Crippen LogP contribution in [0.5, 0.6) is 11.5 Å². The average molecular weight is 332 g/mol. The minimum atomic E-state index is -0.144. The predicted octanol–water partition coefficient (Wildman–Crippen LogP) is 2.94. The zero-order valence-corrected chi connectivity index (χ0v) is 11.3. The molecule has 1 aromatic rings. The van der Waals surface area contributed by atoms with Gasteiger partial charge in [-0.3, -0.25) is 4.79 Å². The fourth-order valence-corrected chi connectivity index (χ4v) is 2.13. The van der Waals surface area contributed by atoms with Crippen molar-refractivity contribution in [2.24, 2.45) is 0 Å². The van der Waals surface area contributed by atoms with E-state index in [9.17, 15) is 15.0 Å². The van der Waals surface area contributed by atoms with E-state index in [2.05, 4.69) is 0 Å². The van der Waals surface area contributed by atoms with Gasteiger partial charge < -0.3 is 10.2 Å². The summed E-state index contributed by atoms with van der Waals surface area (Å²) in [6, 6.07) is 0. The van der Waals surface area contributed by atoms with Crippen LogP contribution in [0.15, 0.2) is 12.2 Å². The van der Waals surface area contributed by atoms with E-state index in [0.29, 0.717) is 27.4 Å². The normalized spacial score (nSPS) is 10.9. The fourth-order valence-electron chi connectivity index (χ4n) is 1.51. The van der Waals surface area contributed by atoms with Crippen molar-refractivity contribution in [1.82, 2.24) is 0 Å². The molecule has 0 saturated heterocycles. The molecular formula is C12H13IO3. The number of carbonyl (C=O) groups is 1. The summed E-state index contributed by atoms with van der Waals surface area (Å²) < 4.78 is 0.324. The van der Waals surface area contributed by atoms with Gasteiger partial charge in [0, 0.05) is 5.56 Å². The molecule has 1 aromatic carbocycles. The standard InChI is InChI=1S/C12H13IO3/c1-3-4-5-8-7(2)9(6-14)12(16)10(13)11(8)15/h3-4,6,15-16H,5H2,1-2H3/b4-3+. The molecule has 0 aliphatic rings. The Labute approximate surface area is 108 Å². The number of hydrogen-bond acceptors (Lipinski definition) is 3. The maximum absolute atomic E-state index is 10.9. The van der Waals surface area contributed by atoms with E-state index in [1.165, 1.54) is 0 Å². The van der Waals surface area contributed by atoms with Crippen LogP contribution < -0.4 is 0 Å². The third-order valence-corrected chi connectivity index (χ3v) is 3.51. The first-order valence-corrected chi connectivity index (χ1v) is 5.91. The van der Waals surface area contributed by atoms with E-state index in [4.69, 9.17) is 0 Å². The number of halogens is 1. The fraction of sp³-hybridized carbons (Fsp3) is 0.250. The van der Waals surface area contributed by atoms with Gasteiger partial charge in [-0.25, -0.2) is 0 Å². The summed E-state index contributed by atoms with van der Waals surface area (Å²) >= 11 is 1.83. The summed E-state index contributed by atoms with van der Waals surface area (Å²) in [4.78, 5) is 10.9. The Balaban J connectivity index is 3.48. The van der Waals surface area contributed by atoms with Gasteiger partial charge in [-0.2, -0.15) is 0 Å². The smallest absolute Gasteiger partial charge is 0.154 e. The second-order valence-corrected chi connectivity index (χ2v) is 4.50. The molecule has 1 rings (SSSR count). The lowest BCUT2D eigenvalue weighted by Gasteiger charge is -2.13. The zero-order valence-electron chi connectivity index (χ0n) is 9.12. The topological polar surface area (TPSA) is 57.5 Å². The molecule has 0 heterocycles. The lowest BCUT2D eigenvalue weighted by molar-refractivity contribution is 0.112. The largest absolute Gasteiger partial charge is 0.506 e. The molecule has 0 amide bonds. The van der Waals surface area contributed by atoms with Crippen molar-refractivity contribution in [2.45, 2.75) is 20.3 Å². The molecule has 0 bridgehead atoms. The summed E-state index contributed by atoms with van der Waals surface area (Å²) in [6.07, 6.45) is 4.93. The molecular weight excluding hydrogens is 319 g/mol. The number of hydrogen-bond donors (Lipinski definition) is 2. The van der Waals surface area contributed by atoms with E-state index in [0.717, 1.165) is 0 Å². The van der Waals surface area contributed by atoms with E-state index in [1.807, 2.05) is 41.7 Å². The van der Waals surface area contributed by atoms with Gasteiger partial charge in [0.05, 0.1) is 9.13 Å². The molecule has 86 valence electrons. The highest BCUT2D eigenvalue weighted by Gasteiger charge is 2.18. The Morgan fingerprint density at radius 3 is 2.44 bits per heavy atom. The summed E-state index contributed by atoms with van der Waals surface area (Å²) in [5.74, 6) is -0.0888. The van der Waals surface area contributed by atoms with Crippen LogP contribution in [-0.4, -0.2) is 16.5 Å². The minimum absolute atomic E-state index is 0.0549. The zero-order chi connectivity index (χ0) is 12.3. The Kier molecular flexibility index (Phi) is 4.35. The van der Waals surface area contributed by atoms with Crippen LogP contribution in [0.3, 0.4) is 0 Å². The van der Waals surface area contributed by atoms with E-state index in [1.54, 1.807) is 6.92 Å². The molecule has 16 heavy (non-hydrogen) atoms. The third kappa shape index (κ3) is 2.21. The maximum Gasteiger partial charge on any atom is 0.154 e. The van der Waals surface area contributed by atoms with Gasteiger partial charge in [-0.15, -0.1) is 0 Å². The number of carbonyl (C=O) groups excluding carboxylic acids is 1. The van der Waals surface area contributed by atoms with E-state index in [-0.39, 0.29) is 17.1 Å². The van der Waals surface area contributed by atoms with E-state index < -0.39 is 0 Å². The van der Waals surface area contributed by atoms with Crippen LogP contribution in [0.4, 0.5) is 0 Å². The van der Waals surface area contributed by atoms with Crippen molar-refractivity contribution in [3.05, 3.63) is 32.4 Å². The Morgan fingerprint density at radius 2 is 1.94 bits per heavy atom. The summed E-state index contributed by atoms with van der Waals surface area (Å²) in [5, 5.41) is 19.6. The van der Waals surface area contributed by atoms with Crippen molar-refractivity contribution in [2.75, 3.05) is 0 Å². The summed E-state index contributed by atoms with van der Waals surface area (Å²) in [6.45, 7) is 3.61.